The van der Waals surface area contributed by atoms with Crippen LogP contribution in [0.3, 0.4) is 0 Å². The van der Waals surface area contributed by atoms with Crippen LogP contribution in [0.15, 0.2) is 36.4 Å². The molecule has 27 heavy (non-hydrogen) atoms. The van der Waals surface area contributed by atoms with Gasteiger partial charge in [0.25, 0.3) is 5.91 Å². The molecule has 2 aromatic heterocycles. The van der Waals surface area contributed by atoms with Crippen LogP contribution >= 0.6 is 11.6 Å². The zero-order valence-electron chi connectivity index (χ0n) is 14.8. The molecule has 2 aliphatic rings. The Hall–Kier alpha value is -2.67. The quantitative estimate of drug-likeness (QED) is 0.696. The van der Waals surface area contributed by atoms with E-state index in [0.29, 0.717) is 29.6 Å². The Labute approximate surface area is 161 Å². The number of fused-ring (bicyclic) bond motifs is 1. The van der Waals surface area contributed by atoms with Gasteiger partial charge in [0.15, 0.2) is 11.5 Å². The normalized spacial score (nSPS) is 17.5. The number of amides is 1. The number of carbonyl (C=O) groups is 1. The maximum Gasteiger partial charge on any atom is 0.254 e. The molecule has 0 bridgehead atoms. The zero-order chi connectivity index (χ0) is 18.4. The van der Waals surface area contributed by atoms with Crippen molar-refractivity contribution in [2.45, 2.75) is 18.8 Å². The summed E-state index contributed by atoms with van der Waals surface area (Å²) in [6, 6.07) is 11.1. The molecule has 138 valence electrons. The van der Waals surface area contributed by atoms with Gasteiger partial charge in [0, 0.05) is 42.7 Å². The standard InChI is InChI=1S/C19H19ClN6O/c20-15-3-1-2-14(12-15)19(27)25-10-8-24(9-11-25)17-7-6-16-21-22-18(13-4-5-13)26(16)23-17/h1-3,6-7,12-13H,4-5,8-11H2. The summed E-state index contributed by atoms with van der Waals surface area (Å²) in [5, 5.41) is 13.8. The first-order chi connectivity index (χ1) is 13.2. The van der Waals surface area contributed by atoms with Gasteiger partial charge >= 0.3 is 0 Å². The molecule has 2 fully saturated rings. The third kappa shape index (κ3) is 3.12. The highest BCUT2D eigenvalue weighted by Gasteiger charge is 2.30. The molecule has 1 aliphatic carbocycles. The zero-order valence-corrected chi connectivity index (χ0v) is 15.5. The van der Waals surface area contributed by atoms with Crippen molar-refractivity contribution in [3.8, 4) is 0 Å². The lowest BCUT2D eigenvalue weighted by atomic mass is 10.2. The third-order valence-electron chi connectivity index (χ3n) is 5.18. The van der Waals surface area contributed by atoms with Gasteiger partial charge in [-0.1, -0.05) is 17.7 Å². The second kappa shape index (κ2) is 6.49. The first-order valence-electron chi connectivity index (χ1n) is 9.21. The van der Waals surface area contributed by atoms with E-state index in [1.54, 1.807) is 12.1 Å². The lowest BCUT2D eigenvalue weighted by Crippen LogP contribution is -2.49. The minimum absolute atomic E-state index is 0.0235. The van der Waals surface area contributed by atoms with Crippen molar-refractivity contribution in [1.82, 2.24) is 24.7 Å². The molecule has 0 N–H and O–H groups in total. The van der Waals surface area contributed by atoms with E-state index in [4.69, 9.17) is 16.7 Å². The Morgan fingerprint density at radius 2 is 1.85 bits per heavy atom. The number of benzene rings is 1. The Bertz CT molecular complexity index is 1010. The summed E-state index contributed by atoms with van der Waals surface area (Å²) in [7, 11) is 0. The fraction of sp³-hybridized carbons (Fsp3) is 0.368. The average molecular weight is 383 g/mol. The number of rotatable bonds is 3. The fourth-order valence-electron chi connectivity index (χ4n) is 3.50. The summed E-state index contributed by atoms with van der Waals surface area (Å²) in [6.45, 7) is 2.79. The van der Waals surface area contributed by atoms with E-state index in [0.717, 1.165) is 43.2 Å². The first-order valence-corrected chi connectivity index (χ1v) is 9.59. The van der Waals surface area contributed by atoms with E-state index >= 15 is 0 Å². The van der Waals surface area contributed by atoms with E-state index in [9.17, 15) is 4.79 Å². The van der Waals surface area contributed by atoms with Crippen LogP contribution in [0.2, 0.25) is 5.02 Å². The van der Waals surface area contributed by atoms with Crippen LogP contribution in [-0.4, -0.2) is 56.8 Å². The molecule has 1 aliphatic heterocycles. The van der Waals surface area contributed by atoms with Gasteiger partial charge in [-0.3, -0.25) is 4.79 Å². The van der Waals surface area contributed by atoms with Crippen LogP contribution in [0.4, 0.5) is 5.82 Å². The van der Waals surface area contributed by atoms with E-state index in [1.165, 1.54) is 0 Å². The molecule has 1 saturated carbocycles. The number of carbonyl (C=O) groups excluding carboxylic acids is 1. The van der Waals surface area contributed by atoms with E-state index < -0.39 is 0 Å². The second-order valence-electron chi connectivity index (χ2n) is 7.08. The van der Waals surface area contributed by atoms with E-state index in [-0.39, 0.29) is 5.91 Å². The predicted octanol–water partition coefficient (Wildman–Crippen LogP) is 2.62. The Morgan fingerprint density at radius 3 is 2.59 bits per heavy atom. The first kappa shape index (κ1) is 16.5. The maximum absolute atomic E-state index is 12.7. The number of nitrogens with zero attached hydrogens (tertiary/aromatic N) is 6. The van der Waals surface area contributed by atoms with Crippen LogP contribution in [0.1, 0.15) is 34.9 Å². The number of aromatic nitrogens is 4. The van der Waals surface area contributed by atoms with Gasteiger partial charge in [0.1, 0.15) is 5.82 Å². The van der Waals surface area contributed by atoms with Crippen molar-refractivity contribution in [1.29, 1.82) is 0 Å². The Balaban J connectivity index is 1.31. The summed E-state index contributed by atoms with van der Waals surface area (Å²) in [5.41, 5.74) is 1.42. The fourth-order valence-corrected chi connectivity index (χ4v) is 3.69. The minimum atomic E-state index is 0.0235. The van der Waals surface area contributed by atoms with Crippen LogP contribution in [0, 0.1) is 0 Å². The van der Waals surface area contributed by atoms with Gasteiger partial charge in [-0.2, -0.15) is 4.52 Å². The van der Waals surface area contributed by atoms with Crippen molar-refractivity contribution < 1.29 is 4.79 Å². The number of halogens is 1. The van der Waals surface area contributed by atoms with Gasteiger partial charge in [-0.05, 0) is 43.2 Å². The van der Waals surface area contributed by atoms with Gasteiger partial charge in [-0.25, -0.2) is 0 Å². The molecular formula is C19H19ClN6O. The Kier molecular flexibility index (Phi) is 3.97. The van der Waals surface area contributed by atoms with Crippen LogP contribution < -0.4 is 4.90 Å². The summed E-state index contributed by atoms with van der Waals surface area (Å²) < 4.78 is 1.87. The summed E-state index contributed by atoms with van der Waals surface area (Å²) in [4.78, 5) is 16.8. The number of hydrogen-bond acceptors (Lipinski definition) is 5. The highest BCUT2D eigenvalue weighted by molar-refractivity contribution is 6.30. The number of hydrogen-bond donors (Lipinski definition) is 0. The summed E-state index contributed by atoms with van der Waals surface area (Å²) in [6.07, 6.45) is 2.33. The number of anilines is 1. The molecule has 0 spiro atoms. The van der Waals surface area contributed by atoms with Gasteiger partial charge in [-0.15, -0.1) is 15.3 Å². The van der Waals surface area contributed by atoms with Gasteiger partial charge in [0.2, 0.25) is 0 Å². The van der Waals surface area contributed by atoms with Gasteiger partial charge < -0.3 is 9.80 Å². The number of piperazine rings is 1. The van der Waals surface area contributed by atoms with E-state index in [1.807, 2.05) is 33.7 Å². The van der Waals surface area contributed by atoms with Crippen molar-refractivity contribution in [3.05, 3.63) is 52.8 Å². The summed E-state index contributed by atoms with van der Waals surface area (Å²) >= 11 is 6.01. The molecule has 0 unspecified atom stereocenters. The smallest absolute Gasteiger partial charge is 0.254 e. The third-order valence-corrected chi connectivity index (χ3v) is 5.41. The highest BCUT2D eigenvalue weighted by Crippen LogP contribution is 2.38. The second-order valence-corrected chi connectivity index (χ2v) is 7.52. The van der Waals surface area contributed by atoms with Gasteiger partial charge in [0.05, 0.1) is 0 Å². The van der Waals surface area contributed by atoms with Crippen LogP contribution in [0.5, 0.6) is 0 Å². The van der Waals surface area contributed by atoms with Crippen LogP contribution in [-0.2, 0) is 0 Å². The average Bonchev–Trinajstić information content (AvgIpc) is 3.46. The lowest BCUT2D eigenvalue weighted by molar-refractivity contribution is 0.0746. The molecule has 8 heteroatoms. The van der Waals surface area contributed by atoms with E-state index in [2.05, 4.69) is 15.1 Å². The maximum atomic E-state index is 12.7. The molecule has 7 nitrogen and oxygen atoms in total. The highest BCUT2D eigenvalue weighted by atomic mass is 35.5. The molecule has 1 saturated heterocycles. The minimum Gasteiger partial charge on any atom is -0.352 e. The largest absolute Gasteiger partial charge is 0.352 e. The predicted molar refractivity (Wildman–Crippen MR) is 102 cm³/mol. The molecule has 1 aromatic carbocycles. The molecule has 1 amide bonds. The van der Waals surface area contributed by atoms with Crippen molar-refractivity contribution in [2.24, 2.45) is 0 Å². The van der Waals surface area contributed by atoms with Crippen LogP contribution in [0.25, 0.3) is 5.65 Å². The SMILES string of the molecule is O=C(c1cccc(Cl)c1)N1CCN(c2ccc3nnc(C4CC4)n3n2)CC1. The molecule has 5 rings (SSSR count). The monoisotopic (exact) mass is 382 g/mol. The molecule has 3 heterocycles. The lowest BCUT2D eigenvalue weighted by Gasteiger charge is -2.35. The van der Waals surface area contributed by atoms with Crippen molar-refractivity contribution in [3.63, 3.8) is 0 Å². The van der Waals surface area contributed by atoms with Crippen molar-refractivity contribution >= 4 is 29.0 Å². The van der Waals surface area contributed by atoms with Crippen molar-refractivity contribution in [2.75, 3.05) is 31.1 Å². The molecular weight excluding hydrogens is 364 g/mol. The molecule has 0 atom stereocenters. The molecule has 3 aromatic rings. The topological polar surface area (TPSA) is 66.6 Å². The molecule has 0 radical (unpaired) electrons. The summed E-state index contributed by atoms with van der Waals surface area (Å²) in [5.74, 6) is 2.38. The Morgan fingerprint density at radius 1 is 1.04 bits per heavy atom.